The van der Waals surface area contributed by atoms with E-state index in [0.29, 0.717) is 6.54 Å². The Hall–Kier alpha value is -1.68. The van der Waals surface area contributed by atoms with Gasteiger partial charge < -0.3 is 15.1 Å². The molecule has 0 atom stereocenters. The average molecular weight is 280 g/mol. The number of piperazine rings is 1. The molecule has 0 unspecified atom stereocenters. The highest BCUT2D eigenvalue weighted by molar-refractivity contribution is 6.30. The Bertz CT molecular complexity index is 456. The van der Waals surface area contributed by atoms with E-state index in [0.717, 1.165) is 36.9 Å². The number of anilines is 1. The number of amides is 2. The van der Waals surface area contributed by atoms with Gasteiger partial charge >= 0.3 is 6.03 Å². The van der Waals surface area contributed by atoms with Gasteiger partial charge in [0.2, 0.25) is 0 Å². The number of hydrogen-bond donors (Lipinski definition) is 1. The molecule has 4 nitrogen and oxygen atoms in total. The number of rotatable bonds is 3. The van der Waals surface area contributed by atoms with Crippen molar-refractivity contribution >= 4 is 23.3 Å². The molecule has 1 fully saturated rings. The van der Waals surface area contributed by atoms with Crippen molar-refractivity contribution in [3.63, 3.8) is 0 Å². The summed E-state index contributed by atoms with van der Waals surface area (Å²) in [6.45, 7) is 7.17. The van der Waals surface area contributed by atoms with Gasteiger partial charge in [0.25, 0.3) is 0 Å². The Morgan fingerprint density at radius 2 is 2.11 bits per heavy atom. The van der Waals surface area contributed by atoms with Gasteiger partial charge in [-0.3, -0.25) is 0 Å². The fourth-order valence-electron chi connectivity index (χ4n) is 2.11. The molecule has 2 amide bonds. The number of carbonyl (C=O) groups excluding carboxylic acids is 1. The van der Waals surface area contributed by atoms with Crippen LogP contribution in [0.3, 0.4) is 0 Å². The van der Waals surface area contributed by atoms with Crippen molar-refractivity contribution < 1.29 is 4.79 Å². The van der Waals surface area contributed by atoms with Crippen molar-refractivity contribution in [1.82, 2.24) is 10.2 Å². The summed E-state index contributed by atoms with van der Waals surface area (Å²) in [7, 11) is 0. The van der Waals surface area contributed by atoms with E-state index in [1.54, 1.807) is 6.08 Å². The SMILES string of the molecule is C=CCNC(=O)N1CCN(c2cccc(Cl)c2)CC1. The molecule has 1 aromatic carbocycles. The van der Waals surface area contributed by atoms with Crippen molar-refractivity contribution in [2.45, 2.75) is 0 Å². The molecule has 0 bridgehead atoms. The van der Waals surface area contributed by atoms with Gasteiger partial charge in [0.15, 0.2) is 0 Å². The first-order chi connectivity index (χ1) is 9.20. The highest BCUT2D eigenvalue weighted by Crippen LogP contribution is 2.20. The van der Waals surface area contributed by atoms with E-state index in [1.807, 2.05) is 29.2 Å². The lowest BCUT2D eigenvalue weighted by molar-refractivity contribution is 0.195. The first-order valence-electron chi connectivity index (χ1n) is 6.35. The van der Waals surface area contributed by atoms with Crippen molar-refractivity contribution in [2.75, 3.05) is 37.6 Å². The maximum absolute atomic E-state index is 11.8. The van der Waals surface area contributed by atoms with Crippen LogP contribution in [0.15, 0.2) is 36.9 Å². The van der Waals surface area contributed by atoms with Gasteiger partial charge in [-0.15, -0.1) is 6.58 Å². The molecule has 0 aromatic heterocycles. The van der Waals surface area contributed by atoms with Gasteiger partial charge in [-0.25, -0.2) is 4.79 Å². The molecule has 102 valence electrons. The third kappa shape index (κ3) is 3.64. The van der Waals surface area contributed by atoms with E-state index in [-0.39, 0.29) is 6.03 Å². The Morgan fingerprint density at radius 1 is 1.37 bits per heavy atom. The van der Waals surface area contributed by atoms with Gasteiger partial charge in [-0.2, -0.15) is 0 Å². The minimum atomic E-state index is -0.0226. The van der Waals surface area contributed by atoms with Crippen LogP contribution in [0, 0.1) is 0 Å². The van der Waals surface area contributed by atoms with Gasteiger partial charge in [0.1, 0.15) is 0 Å². The van der Waals surface area contributed by atoms with Gasteiger partial charge in [0.05, 0.1) is 0 Å². The predicted molar refractivity (Wildman–Crippen MR) is 78.8 cm³/mol. The summed E-state index contributed by atoms with van der Waals surface area (Å²) in [5.74, 6) is 0. The molecule has 19 heavy (non-hydrogen) atoms. The Labute approximate surface area is 118 Å². The number of urea groups is 1. The maximum atomic E-state index is 11.8. The van der Waals surface area contributed by atoms with Crippen LogP contribution < -0.4 is 10.2 Å². The zero-order valence-electron chi connectivity index (χ0n) is 10.8. The summed E-state index contributed by atoms with van der Waals surface area (Å²) >= 11 is 5.99. The van der Waals surface area contributed by atoms with Crippen LogP contribution in [0.2, 0.25) is 5.02 Å². The smallest absolute Gasteiger partial charge is 0.317 e. The molecule has 0 aliphatic carbocycles. The van der Waals surface area contributed by atoms with Crippen molar-refractivity contribution in [2.24, 2.45) is 0 Å². The van der Waals surface area contributed by atoms with Gasteiger partial charge in [-0.1, -0.05) is 23.7 Å². The predicted octanol–water partition coefficient (Wildman–Crippen LogP) is 2.36. The van der Waals surface area contributed by atoms with Crippen LogP contribution in [0.5, 0.6) is 0 Å². The minimum Gasteiger partial charge on any atom is -0.368 e. The fourth-order valence-corrected chi connectivity index (χ4v) is 2.30. The maximum Gasteiger partial charge on any atom is 0.317 e. The monoisotopic (exact) mass is 279 g/mol. The first-order valence-corrected chi connectivity index (χ1v) is 6.72. The Balaban J connectivity index is 1.88. The molecular formula is C14H18ClN3O. The highest BCUT2D eigenvalue weighted by atomic mass is 35.5. The molecule has 1 saturated heterocycles. The second-order valence-corrected chi connectivity index (χ2v) is 4.87. The fraction of sp³-hybridized carbons (Fsp3) is 0.357. The zero-order chi connectivity index (χ0) is 13.7. The standard InChI is InChI=1S/C14H18ClN3O/c1-2-6-16-14(19)18-9-7-17(8-10-18)13-5-3-4-12(15)11-13/h2-5,11H,1,6-10H2,(H,16,19). The molecule has 1 heterocycles. The molecule has 1 aromatic rings. The van der Waals surface area contributed by atoms with Crippen LogP contribution in [0.4, 0.5) is 10.5 Å². The first kappa shape index (κ1) is 13.7. The number of hydrogen-bond acceptors (Lipinski definition) is 2. The molecule has 1 aliphatic heterocycles. The second kappa shape index (κ2) is 6.48. The van der Waals surface area contributed by atoms with Crippen molar-refractivity contribution in [1.29, 1.82) is 0 Å². The van der Waals surface area contributed by atoms with Crippen LogP contribution in [0.25, 0.3) is 0 Å². The van der Waals surface area contributed by atoms with E-state index in [4.69, 9.17) is 11.6 Å². The van der Waals surface area contributed by atoms with Crippen LogP contribution in [0.1, 0.15) is 0 Å². The summed E-state index contributed by atoms with van der Waals surface area (Å²) in [6.07, 6.45) is 1.68. The number of carbonyl (C=O) groups is 1. The summed E-state index contributed by atoms with van der Waals surface area (Å²) in [5.41, 5.74) is 1.11. The third-order valence-electron chi connectivity index (χ3n) is 3.14. The zero-order valence-corrected chi connectivity index (χ0v) is 11.6. The second-order valence-electron chi connectivity index (χ2n) is 4.43. The lowest BCUT2D eigenvalue weighted by Crippen LogP contribution is -2.51. The summed E-state index contributed by atoms with van der Waals surface area (Å²) in [6, 6.07) is 7.78. The van der Waals surface area contributed by atoms with Crippen molar-refractivity contribution in [3.8, 4) is 0 Å². The Kier molecular flexibility index (Phi) is 4.68. The largest absolute Gasteiger partial charge is 0.368 e. The van der Waals surface area contributed by atoms with Gasteiger partial charge in [-0.05, 0) is 18.2 Å². The average Bonchev–Trinajstić information content (AvgIpc) is 2.45. The van der Waals surface area contributed by atoms with Gasteiger partial charge in [0, 0.05) is 43.4 Å². The normalized spacial score (nSPS) is 15.2. The minimum absolute atomic E-state index is 0.0226. The quantitative estimate of drug-likeness (QED) is 0.862. The van der Waals surface area contributed by atoms with E-state index in [1.165, 1.54) is 0 Å². The molecule has 1 aliphatic rings. The van der Waals surface area contributed by atoms with E-state index in [9.17, 15) is 4.79 Å². The number of halogens is 1. The Morgan fingerprint density at radius 3 is 2.74 bits per heavy atom. The van der Waals surface area contributed by atoms with Crippen LogP contribution in [-0.4, -0.2) is 43.7 Å². The van der Waals surface area contributed by atoms with E-state index in [2.05, 4.69) is 16.8 Å². The van der Waals surface area contributed by atoms with Crippen LogP contribution in [-0.2, 0) is 0 Å². The van der Waals surface area contributed by atoms with Crippen LogP contribution >= 0.6 is 11.6 Å². The molecule has 1 N–H and O–H groups in total. The topological polar surface area (TPSA) is 35.6 Å². The molecule has 2 rings (SSSR count). The number of nitrogens with zero attached hydrogens (tertiary/aromatic N) is 2. The van der Waals surface area contributed by atoms with E-state index >= 15 is 0 Å². The molecule has 0 spiro atoms. The van der Waals surface area contributed by atoms with E-state index < -0.39 is 0 Å². The van der Waals surface area contributed by atoms with Crippen molar-refractivity contribution in [3.05, 3.63) is 41.9 Å². The molecule has 0 saturated carbocycles. The summed E-state index contributed by atoms with van der Waals surface area (Å²) in [5, 5.41) is 3.53. The number of nitrogens with one attached hydrogen (secondary N) is 1. The lowest BCUT2D eigenvalue weighted by Gasteiger charge is -2.36. The third-order valence-corrected chi connectivity index (χ3v) is 3.37. The highest BCUT2D eigenvalue weighted by Gasteiger charge is 2.20. The summed E-state index contributed by atoms with van der Waals surface area (Å²) < 4.78 is 0. The molecular weight excluding hydrogens is 262 g/mol. The molecule has 0 radical (unpaired) electrons. The molecule has 5 heteroatoms. The lowest BCUT2D eigenvalue weighted by atomic mass is 10.2. The number of benzene rings is 1. The summed E-state index contributed by atoms with van der Waals surface area (Å²) in [4.78, 5) is 15.8.